The zero-order valence-electron chi connectivity index (χ0n) is 9.44. The van der Waals surface area contributed by atoms with Crippen molar-refractivity contribution < 1.29 is 18.3 Å². The number of aromatic carboxylic acids is 1. The van der Waals surface area contributed by atoms with Gasteiger partial charge in [-0.25, -0.2) is 13.2 Å². The quantitative estimate of drug-likeness (QED) is 0.875. The number of rotatable bonds is 3. The number of hydrogen-bond donors (Lipinski definition) is 1. The van der Waals surface area contributed by atoms with E-state index < -0.39 is 15.8 Å². The first-order chi connectivity index (χ1) is 7.29. The average molecular weight is 242 g/mol. The average Bonchev–Trinajstić information content (AvgIpc) is 2.14. The molecule has 88 valence electrons. The molecule has 0 spiro atoms. The second-order valence-electron chi connectivity index (χ2n) is 3.66. The fourth-order valence-electron chi connectivity index (χ4n) is 1.77. The minimum atomic E-state index is -3.40. The lowest BCUT2D eigenvalue weighted by Gasteiger charge is -2.11. The van der Waals surface area contributed by atoms with Crippen LogP contribution in [0, 0.1) is 6.92 Å². The SMILES string of the molecule is CCc1ccc(C(=O)O)c(C)c1S(C)(=O)=O. The summed E-state index contributed by atoms with van der Waals surface area (Å²) < 4.78 is 23.2. The van der Waals surface area contributed by atoms with E-state index in [4.69, 9.17) is 5.11 Å². The van der Waals surface area contributed by atoms with Crippen molar-refractivity contribution in [3.05, 3.63) is 28.8 Å². The second-order valence-corrected chi connectivity index (χ2v) is 5.61. The van der Waals surface area contributed by atoms with Crippen LogP contribution in [0.2, 0.25) is 0 Å². The van der Waals surface area contributed by atoms with E-state index in [9.17, 15) is 13.2 Å². The molecule has 0 atom stereocenters. The van der Waals surface area contributed by atoms with E-state index in [-0.39, 0.29) is 10.5 Å². The van der Waals surface area contributed by atoms with Crippen LogP contribution in [0.3, 0.4) is 0 Å². The number of hydrogen-bond acceptors (Lipinski definition) is 3. The molecule has 0 amide bonds. The normalized spacial score (nSPS) is 11.4. The van der Waals surface area contributed by atoms with E-state index in [2.05, 4.69) is 0 Å². The molecule has 5 heteroatoms. The molecule has 0 aliphatic carbocycles. The van der Waals surface area contributed by atoms with Crippen molar-refractivity contribution in [2.45, 2.75) is 25.2 Å². The monoisotopic (exact) mass is 242 g/mol. The highest BCUT2D eigenvalue weighted by atomic mass is 32.2. The van der Waals surface area contributed by atoms with Crippen LogP contribution < -0.4 is 0 Å². The van der Waals surface area contributed by atoms with E-state index in [1.54, 1.807) is 6.07 Å². The zero-order chi connectivity index (χ0) is 12.5. The fraction of sp³-hybridized carbons (Fsp3) is 0.364. The van der Waals surface area contributed by atoms with Gasteiger partial charge >= 0.3 is 5.97 Å². The van der Waals surface area contributed by atoms with E-state index in [1.807, 2.05) is 6.92 Å². The molecule has 0 aliphatic rings. The smallest absolute Gasteiger partial charge is 0.335 e. The van der Waals surface area contributed by atoms with Crippen LogP contribution in [-0.2, 0) is 16.3 Å². The topological polar surface area (TPSA) is 71.4 Å². The van der Waals surface area contributed by atoms with Gasteiger partial charge in [-0.1, -0.05) is 13.0 Å². The predicted octanol–water partition coefficient (Wildman–Crippen LogP) is 1.66. The number of carboxylic acid groups (broad SMARTS) is 1. The maximum absolute atomic E-state index is 11.6. The van der Waals surface area contributed by atoms with Crippen molar-refractivity contribution in [1.29, 1.82) is 0 Å². The van der Waals surface area contributed by atoms with Crippen LogP contribution in [0.1, 0.15) is 28.4 Å². The molecule has 0 heterocycles. The Bertz CT molecular complexity index is 529. The summed E-state index contributed by atoms with van der Waals surface area (Å²) in [6.45, 7) is 3.36. The molecule has 1 N–H and O–H groups in total. The molecule has 0 bridgehead atoms. The molecule has 16 heavy (non-hydrogen) atoms. The number of carboxylic acids is 1. The maximum Gasteiger partial charge on any atom is 0.335 e. The Kier molecular flexibility index (Phi) is 3.38. The van der Waals surface area contributed by atoms with Crippen molar-refractivity contribution in [1.82, 2.24) is 0 Å². The van der Waals surface area contributed by atoms with Crippen molar-refractivity contribution in [2.75, 3.05) is 6.26 Å². The molecule has 0 fully saturated rings. The lowest BCUT2D eigenvalue weighted by molar-refractivity contribution is 0.0696. The number of benzene rings is 1. The molecule has 0 radical (unpaired) electrons. The highest BCUT2D eigenvalue weighted by Gasteiger charge is 2.20. The molecular formula is C11H14O4S. The van der Waals surface area contributed by atoms with Crippen molar-refractivity contribution in [3.8, 4) is 0 Å². The summed E-state index contributed by atoms with van der Waals surface area (Å²) in [5.41, 5.74) is 1.01. The van der Waals surface area contributed by atoms with Crippen LogP contribution in [0.4, 0.5) is 0 Å². The van der Waals surface area contributed by atoms with Gasteiger partial charge in [-0.2, -0.15) is 0 Å². The standard InChI is InChI=1S/C11H14O4S/c1-4-8-5-6-9(11(12)13)7(2)10(8)16(3,14)15/h5-6H,4H2,1-3H3,(H,12,13). The highest BCUT2D eigenvalue weighted by molar-refractivity contribution is 7.90. The van der Waals surface area contributed by atoms with E-state index in [0.29, 0.717) is 17.5 Å². The van der Waals surface area contributed by atoms with Crippen LogP contribution >= 0.6 is 0 Å². The Morgan fingerprint density at radius 3 is 2.31 bits per heavy atom. The Labute approximate surface area is 94.8 Å². The largest absolute Gasteiger partial charge is 0.478 e. The summed E-state index contributed by atoms with van der Waals surface area (Å²) in [6, 6.07) is 3.01. The van der Waals surface area contributed by atoms with Gasteiger partial charge in [-0.15, -0.1) is 0 Å². The Hall–Kier alpha value is -1.36. The molecule has 0 aliphatic heterocycles. The van der Waals surface area contributed by atoms with Gasteiger partial charge in [0.1, 0.15) is 0 Å². The molecule has 1 aromatic carbocycles. The lowest BCUT2D eigenvalue weighted by Crippen LogP contribution is -2.09. The molecule has 1 aromatic rings. The first-order valence-corrected chi connectivity index (χ1v) is 6.74. The number of aryl methyl sites for hydroxylation is 1. The number of carbonyl (C=O) groups is 1. The second kappa shape index (κ2) is 4.25. The van der Waals surface area contributed by atoms with Gasteiger partial charge < -0.3 is 5.11 Å². The Morgan fingerprint density at radius 1 is 1.38 bits per heavy atom. The number of sulfone groups is 1. The summed E-state index contributed by atoms with van der Waals surface area (Å²) in [4.78, 5) is 11.1. The minimum absolute atomic E-state index is 0.0395. The van der Waals surface area contributed by atoms with Gasteiger partial charge in [0.25, 0.3) is 0 Å². The summed E-state index contributed by atoms with van der Waals surface area (Å²) in [6.07, 6.45) is 1.66. The van der Waals surface area contributed by atoms with Gasteiger partial charge in [0.2, 0.25) is 0 Å². The molecular weight excluding hydrogens is 228 g/mol. The van der Waals surface area contributed by atoms with Crippen molar-refractivity contribution in [3.63, 3.8) is 0 Å². The van der Waals surface area contributed by atoms with Crippen LogP contribution in [0.25, 0.3) is 0 Å². The van der Waals surface area contributed by atoms with E-state index >= 15 is 0 Å². The van der Waals surface area contributed by atoms with Crippen molar-refractivity contribution in [2.24, 2.45) is 0 Å². The summed E-state index contributed by atoms with van der Waals surface area (Å²) in [5.74, 6) is -1.11. The third-order valence-electron chi connectivity index (χ3n) is 2.47. The van der Waals surface area contributed by atoms with Crippen LogP contribution in [-0.4, -0.2) is 25.7 Å². The van der Waals surface area contributed by atoms with E-state index in [1.165, 1.54) is 13.0 Å². The van der Waals surface area contributed by atoms with Crippen molar-refractivity contribution >= 4 is 15.8 Å². The highest BCUT2D eigenvalue weighted by Crippen LogP contribution is 2.24. The molecule has 1 rings (SSSR count). The molecule has 4 nitrogen and oxygen atoms in total. The molecule has 0 unspecified atom stereocenters. The summed E-state index contributed by atoms with van der Waals surface area (Å²) in [5, 5.41) is 8.92. The summed E-state index contributed by atoms with van der Waals surface area (Å²) >= 11 is 0. The fourth-order valence-corrected chi connectivity index (χ4v) is 3.13. The zero-order valence-corrected chi connectivity index (χ0v) is 10.3. The lowest BCUT2D eigenvalue weighted by atomic mass is 10.0. The third-order valence-corrected chi connectivity index (χ3v) is 3.78. The molecule has 0 saturated heterocycles. The third kappa shape index (κ3) is 2.24. The minimum Gasteiger partial charge on any atom is -0.478 e. The van der Waals surface area contributed by atoms with Gasteiger partial charge in [0.15, 0.2) is 9.84 Å². The first-order valence-electron chi connectivity index (χ1n) is 4.84. The Morgan fingerprint density at radius 2 is 1.94 bits per heavy atom. The maximum atomic E-state index is 11.6. The van der Waals surface area contributed by atoms with Gasteiger partial charge in [0.05, 0.1) is 10.5 Å². The predicted molar refractivity (Wildman–Crippen MR) is 60.6 cm³/mol. The van der Waals surface area contributed by atoms with Crippen LogP contribution in [0.5, 0.6) is 0 Å². The molecule has 0 aromatic heterocycles. The van der Waals surface area contributed by atoms with Gasteiger partial charge in [-0.05, 0) is 30.5 Å². The van der Waals surface area contributed by atoms with E-state index in [0.717, 1.165) is 6.26 Å². The van der Waals surface area contributed by atoms with Gasteiger partial charge in [-0.3, -0.25) is 0 Å². The van der Waals surface area contributed by atoms with Gasteiger partial charge in [0, 0.05) is 6.26 Å². The van der Waals surface area contributed by atoms with Crippen LogP contribution in [0.15, 0.2) is 17.0 Å². The first kappa shape index (κ1) is 12.7. The Balaban J connectivity index is 3.67. The summed E-state index contributed by atoms with van der Waals surface area (Å²) in [7, 11) is -3.40. The molecule has 0 saturated carbocycles.